The minimum atomic E-state index is -0.457. The van der Waals surface area contributed by atoms with Crippen LogP contribution in [-0.4, -0.2) is 45.4 Å². The number of nitrogens with zero attached hydrogens (tertiary/aromatic N) is 4. The highest BCUT2D eigenvalue weighted by molar-refractivity contribution is 5.71. The van der Waals surface area contributed by atoms with E-state index in [9.17, 15) is 14.9 Å². The molecular weight excluding hydrogens is 276 g/mol. The standard InChI is InChI=1S/C13H16N4O4/c1-3-15(9-12(18)21-2)8-10-13(17(19)20)16-7-5-4-6-11(16)14-10/h4-7H,3,8-9H2,1-2H3. The molecule has 0 amide bonds. The number of methoxy groups -OCH3 is 1. The van der Waals surface area contributed by atoms with Crippen molar-refractivity contribution in [1.82, 2.24) is 14.3 Å². The second kappa shape index (κ2) is 6.31. The van der Waals surface area contributed by atoms with Crippen LogP contribution in [0.15, 0.2) is 24.4 Å². The maximum atomic E-state index is 11.3. The molecule has 0 aliphatic carbocycles. The first-order valence-corrected chi connectivity index (χ1v) is 6.46. The van der Waals surface area contributed by atoms with Crippen molar-refractivity contribution >= 4 is 17.4 Å². The van der Waals surface area contributed by atoms with Gasteiger partial charge in [0.05, 0.1) is 19.9 Å². The first-order chi connectivity index (χ1) is 10.1. The molecule has 0 spiro atoms. The molecule has 2 heterocycles. The van der Waals surface area contributed by atoms with E-state index in [0.717, 1.165) is 0 Å². The van der Waals surface area contributed by atoms with Gasteiger partial charge in [-0.3, -0.25) is 9.69 Å². The smallest absolute Gasteiger partial charge is 0.352 e. The van der Waals surface area contributed by atoms with Gasteiger partial charge in [-0.15, -0.1) is 0 Å². The molecule has 0 saturated carbocycles. The highest BCUT2D eigenvalue weighted by Gasteiger charge is 2.24. The number of carbonyl (C=O) groups is 1. The molecule has 0 atom stereocenters. The van der Waals surface area contributed by atoms with Crippen molar-refractivity contribution in [3.63, 3.8) is 0 Å². The van der Waals surface area contributed by atoms with Gasteiger partial charge in [0.25, 0.3) is 0 Å². The zero-order valence-corrected chi connectivity index (χ0v) is 11.9. The Balaban J connectivity index is 2.34. The van der Waals surface area contributed by atoms with Crippen LogP contribution in [0.25, 0.3) is 5.65 Å². The Hall–Kier alpha value is -2.48. The third-order valence-electron chi connectivity index (χ3n) is 3.15. The second-order valence-electron chi connectivity index (χ2n) is 4.45. The van der Waals surface area contributed by atoms with Gasteiger partial charge < -0.3 is 14.9 Å². The monoisotopic (exact) mass is 292 g/mol. The van der Waals surface area contributed by atoms with E-state index >= 15 is 0 Å². The number of rotatable bonds is 6. The zero-order chi connectivity index (χ0) is 15.4. The molecule has 0 radical (unpaired) electrons. The Morgan fingerprint density at radius 1 is 1.52 bits per heavy atom. The Morgan fingerprint density at radius 2 is 2.29 bits per heavy atom. The van der Waals surface area contributed by atoms with Crippen LogP contribution < -0.4 is 0 Å². The van der Waals surface area contributed by atoms with E-state index in [2.05, 4.69) is 9.72 Å². The summed E-state index contributed by atoms with van der Waals surface area (Å²) in [5.41, 5.74) is 0.838. The van der Waals surface area contributed by atoms with E-state index in [4.69, 9.17) is 0 Å². The van der Waals surface area contributed by atoms with Crippen LogP contribution in [0.2, 0.25) is 0 Å². The number of carbonyl (C=O) groups excluding carboxylic acids is 1. The maximum Gasteiger partial charge on any atom is 0.352 e. The van der Waals surface area contributed by atoms with Crippen LogP contribution >= 0.6 is 0 Å². The Morgan fingerprint density at radius 3 is 2.90 bits per heavy atom. The van der Waals surface area contributed by atoms with E-state index in [-0.39, 0.29) is 24.9 Å². The lowest BCUT2D eigenvalue weighted by Gasteiger charge is -2.17. The number of ether oxygens (including phenoxy) is 1. The molecule has 0 bridgehead atoms. The summed E-state index contributed by atoms with van der Waals surface area (Å²) in [4.78, 5) is 28.2. The number of hydrogen-bond donors (Lipinski definition) is 0. The zero-order valence-electron chi connectivity index (χ0n) is 11.9. The van der Waals surface area contributed by atoms with Crippen LogP contribution in [0.5, 0.6) is 0 Å². The fraction of sp³-hybridized carbons (Fsp3) is 0.385. The summed E-state index contributed by atoms with van der Waals surface area (Å²) in [5, 5.41) is 11.3. The summed E-state index contributed by atoms with van der Waals surface area (Å²) >= 11 is 0. The molecule has 0 aromatic carbocycles. The molecule has 2 rings (SSSR count). The molecule has 2 aromatic rings. The molecule has 8 heteroatoms. The fourth-order valence-corrected chi connectivity index (χ4v) is 2.07. The van der Waals surface area contributed by atoms with Crippen molar-refractivity contribution < 1.29 is 14.5 Å². The lowest BCUT2D eigenvalue weighted by Crippen LogP contribution is -2.30. The van der Waals surface area contributed by atoms with Gasteiger partial charge in [-0.05, 0) is 17.5 Å². The summed E-state index contributed by atoms with van der Waals surface area (Å²) in [6.45, 7) is 2.70. The van der Waals surface area contributed by atoms with Crippen molar-refractivity contribution in [2.24, 2.45) is 0 Å². The third-order valence-corrected chi connectivity index (χ3v) is 3.15. The quantitative estimate of drug-likeness (QED) is 0.452. The fourth-order valence-electron chi connectivity index (χ4n) is 2.07. The summed E-state index contributed by atoms with van der Waals surface area (Å²) in [5.74, 6) is -0.461. The summed E-state index contributed by atoms with van der Waals surface area (Å²) in [7, 11) is 1.31. The number of pyridine rings is 1. The first-order valence-electron chi connectivity index (χ1n) is 6.46. The Bertz CT molecular complexity index is 667. The van der Waals surface area contributed by atoms with Crippen LogP contribution in [0.1, 0.15) is 12.6 Å². The maximum absolute atomic E-state index is 11.3. The molecule has 0 unspecified atom stereocenters. The molecule has 2 aromatic heterocycles. The van der Waals surface area contributed by atoms with Crippen LogP contribution in [0.4, 0.5) is 5.82 Å². The number of esters is 1. The number of likely N-dealkylation sites (N-methyl/N-ethyl adjacent to an activating group) is 1. The van der Waals surface area contributed by atoms with Gasteiger partial charge in [0, 0.05) is 12.6 Å². The van der Waals surface area contributed by atoms with Crippen LogP contribution in [0.3, 0.4) is 0 Å². The van der Waals surface area contributed by atoms with Crippen LogP contribution in [0, 0.1) is 10.1 Å². The molecule has 0 saturated heterocycles. The highest BCUT2D eigenvalue weighted by atomic mass is 16.6. The van der Waals surface area contributed by atoms with Gasteiger partial charge in [-0.2, -0.15) is 4.40 Å². The van der Waals surface area contributed by atoms with Crippen molar-refractivity contribution in [3.8, 4) is 0 Å². The topological polar surface area (TPSA) is 90.0 Å². The average molecular weight is 292 g/mol. The summed E-state index contributed by atoms with van der Waals surface area (Å²) < 4.78 is 6.05. The van der Waals surface area contributed by atoms with E-state index < -0.39 is 4.92 Å². The number of nitro groups is 1. The Labute approximate surface area is 121 Å². The minimum Gasteiger partial charge on any atom is -0.468 e. The van der Waals surface area contributed by atoms with Gasteiger partial charge >= 0.3 is 11.8 Å². The third kappa shape index (κ3) is 3.16. The molecule has 8 nitrogen and oxygen atoms in total. The Kier molecular flexibility index (Phi) is 4.49. The molecule has 21 heavy (non-hydrogen) atoms. The molecular formula is C13H16N4O4. The number of hydrogen-bond acceptors (Lipinski definition) is 6. The average Bonchev–Trinajstić information content (AvgIpc) is 2.84. The van der Waals surface area contributed by atoms with Gasteiger partial charge in [-0.1, -0.05) is 13.0 Å². The normalized spacial score (nSPS) is 11.0. The van der Waals surface area contributed by atoms with E-state index in [1.54, 1.807) is 29.3 Å². The molecule has 112 valence electrons. The van der Waals surface area contributed by atoms with Crippen molar-refractivity contribution in [2.45, 2.75) is 13.5 Å². The largest absolute Gasteiger partial charge is 0.468 e. The van der Waals surface area contributed by atoms with Gasteiger partial charge in [0.2, 0.25) is 5.65 Å². The predicted octanol–water partition coefficient (Wildman–Crippen LogP) is 1.24. The van der Waals surface area contributed by atoms with E-state index in [0.29, 0.717) is 17.9 Å². The van der Waals surface area contributed by atoms with Crippen LogP contribution in [-0.2, 0) is 16.1 Å². The van der Waals surface area contributed by atoms with Gasteiger partial charge in [-0.25, -0.2) is 4.98 Å². The number of aromatic nitrogens is 2. The first kappa shape index (κ1) is 14.9. The predicted molar refractivity (Wildman–Crippen MR) is 74.8 cm³/mol. The van der Waals surface area contributed by atoms with Crippen molar-refractivity contribution in [1.29, 1.82) is 0 Å². The molecule has 0 aliphatic rings. The summed E-state index contributed by atoms with van der Waals surface area (Å²) in [6.07, 6.45) is 1.60. The highest BCUT2D eigenvalue weighted by Crippen LogP contribution is 2.21. The second-order valence-corrected chi connectivity index (χ2v) is 4.45. The van der Waals surface area contributed by atoms with Gasteiger partial charge in [0.1, 0.15) is 0 Å². The molecule has 0 N–H and O–H groups in total. The van der Waals surface area contributed by atoms with E-state index in [1.165, 1.54) is 11.5 Å². The molecule has 0 fully saturated rings. The van der Waals surface area contributed by atoms with Gasteiger partial charge in [0.15, 0.2) is 5.69 Å². The lowest BCUT2D eigenvalue weighted by atomic mass is 10.3. The summed E-state index contributed by atoms with van der Waals surface area (Å²) in [6, 6.07) is 5.17. The minimum absolute atomic E-state index is 0.0675. The van der Waals surface area contributed by atoms with Crippen molar-refractivity contribution in [2.75, 3.05) is 20.2 Å². The number of imidazole rings is 1. The lowest BCUT2D eigenvalue weighted by molar-refractivity contribution is -0.391. The van der Waals surface area contributed by atoms with Crippen molar-refractivity contribution in [3.05, 3.63) is 40.2 Å². The van der Waals surface area contributed by atoms with E-state index in [1.807, 2.05) is 6.92 Å². The number of fused-ring (bicyclic) bond motifs is 1. The SMILES string of the molecule is CCN(CC(=O)OC)Cc1nc2ccccn2c1[N+](=O)[O-]. The molecule has 0 aliphatic heterocycles.